The van der Waals surface area contributed by atoms with Crippen molar-refractivity contribution in [3.8, 4) is 0 Å². The van der Waals surface area contributed by atoms with Crippen molar-refractivity contribution in [3.05, 3.63) is 0 Å². The van der Waals surface area contributed by atoms with Crippen LogP contribution in [0.1, 0.15) is 58.8 Å². The molecule has 1 aliphatic carbocycles. The molecule has 1 saturated heterocycles. The average Bonchev–Trinajstić information content (AvgIpc) is 2.28. The molecule has 2 rings (SSSR count). The Morgan fingerprint density at radius 3 is 2.47 bits per heavy atom. The largest absolute Gasteiger partial charge is 0.390 e. The Morgan fingerprint density at radius 1 is 1.24 bits per heavy atom. The van der Waals surface area contributed by atoms with E-state index in [0.29, 0.717) is 0 Å². The van der Waals surface area contributed by atoms with Gasteiger partial charge in [-0.05, 0) is 45.4 Å². The predicted octanol–water partition coefficient (Wildman–Crippen LogP) is 2.25. The van der Waals surface area contributed by atoms with E-state index >= 15 is 0 Å². The van der Waals surface area contributed by atoms with Crippen molar-refractivity contribution in [1.29, 1.82) is 0 Å². The predicted molar refractivity (Wildman–Crippen MR) is 66.8 cm³/mol. The van der Waals surface area contributed by atoms with Crippen molar-refractivity contribution in [2.45, 2.75) is 76.1 Å². The highest BCUT2D eigenvalue weighted by Crippen LogP contribution is 2.42. The molecule has 2 atom stereocenters. The molecule has 17 heavy (non-hydrogen) atoms. The van der Waals surface area contributed by atoms with Crippen LogP contribution in [0.2, 0.25) is 0 Å². The van der Waals surface area contributed by atoms with Gasteiger partial charge in [0.25, 0.3) is 0 Å². The lowest BCUT2D eigenvalue weighted by atomic mass is 9.72. The second kappa shape index (κ2) is 4.87. The van der Waals surface area contributed by atoms with Gasteiger partial charge in [-0.15, -0.1) is 0 Å². The summed E-state index contributed by atoms with van der Waals surface area (Å²) >= 11 is 0. The van der Waals surface area contributed by atoms with E-state index in [9.17, 15) is 10.2 Å². The Hall–Kier alpha value is -0.120. The van der Waals surface area contributed by atoms with E-state index in [-0.39, 0.29) is 11.5 Å². The van der Waals surface area contributed by atoms with Crippen molar-refractivity contribution >= 4 is 0 Å². The molecule has 0 aromatic carbocycles. The van der Waals surface area contributed by atoms with Gasteiger partial charge in [-0.1, -0.05) is 19.3 Å². The summed E-state index contributed by atoms with van der Waals surface area (Å²) in [6.45, 7) is 4.12. The number of ether oxygens (including phenoxy) is 1. The maximum absolute atomic E-state index is 10.2. The number of hydrogen-bond donors (Lipinski definition) is 2. The fourth-order valence-electron chi connectivity index (χ4n) is 3.46. The Balaban J connectivity index is 2.01. The summed E-state index contributed by atoms with van der Waals surface area (Å²) < 4.78 is 6.01. The molecule has 2 unspecified atom stereocenters. The molecule has 1 spiro atoms. The van der Waals surface area contributed by atoms with E-state index in [2.05, 4.69) is 0 Å². The van der Waals surface area contributed by atoms with Crippen LogP contribution in [0.15, 0.2) is 0 Å². The van der Waals surface area contributed by atoms with E-state index < -0.39 is 11.7 Å². The fourth-order valence-corrected chi connectivity index (χ4v) is 3.46. The molecule has 0 aromatic heterocycles. The van der Waals surface area contributed by atoms with Crippen molar-refractivity contribution < 1.29 is 14.9 Å². The highest BCUT2D eigenvalue weighted by Gasteiger charge is 2.43. The van der Waals surface area contributed by atoms with Gasteiger partial charge in [0.1, 0.15) is 0 Å². The fraction of sp³-hybridized carbons (Fsp3) is 1.00. The van der Waals surface area contributed by atoms with Crippen LogP contribution in [-0.4, -0.2) is 34.1 Å². The quantitative estimate of drug-likeness (QED) is 0.781. The molecule has 3 nitrogen and oxygen atoms in total. The van der Waals surface area contributed by atoms with Crippen LogP contribution < -0.4 is 0 Å². The van der Waals surface area contributed by atoms with Crippen molar-refractivity contribution in [2.75, 3.05) is 6.61 Å². The summed E-state index contributed by atoms with van der Waals surface area (Å²) in [5, 5.41) is 20.2. The number of aliphatic hydroxyl groups is 2. The lowest BCUT2D eigenvalue weighted by Gasteiger charge is -2.46. The van der Waals surface area contributed by atoms with Crippen LogP contribution in [0.5, 0.6) is 0 Å². The number of rotatable bonds is 2. The number of hydrogen-bond acceptors (Lipinski definition) is 3. The first-order valence-electron chi connectivity index (χ1n) is 6.97. The summed E-state index contributed by atoms with van der Waals surface area (Å²) in [5.41, 5.74) is -0.995. The molecule has 2 aliphatic rings. The summed E-state index contributed by atoms with van der Waals surface area (Å²) in [5.74, 6) is 0.182. The van der Waals surface area contributed by atoms with Crippen LogP contribution in [0.25, 0.3) is 0 Å². The molecule has 2 N–H and O–H groups in total. The highest BCUT2D eigenvalue weighted by molar-refractivity contribution is 4.94. The minimum absolute atomic E-state index is 0.00734. The average molecular weight is 242 g/mol. The first-order valence-corrected chi connectivity index (χ1v) is 6.97. The molecule has 0 aromatic rings. The van der Waals surface area contributed by atoms with Crippen molar-refractivity contribution in [2.24, 2.45) is 5.92 Å². The summed E-state index contributed by atoms with van der Waals surface area (Å²) in [6, 6.07) is 0. The normalized spacial score (nSPS) is 31.4. The van der Waals surface area contributed by atoms with Gasteiger partial charge in [0.15, 0.2) is 0 Å². The van der Waals surface area contributed by atoms with Crippen molar-refractivity contribution in [1.82, 2.24) is 0 Å². The first kappa shape index (κ1) is 13.3. The van der Waals surface area contributed by atoms with Gasteiger partial charge < -0.3 is 14.9 Å². The molecule has 0 bridgehead atoms. The second-order valence-corrected chi connectivity index (χ2v) is 6.44. The van der Waals surface area contributed by atoms with E-state index in [1.54, 1.807) is 13.8 Å². The third-order valence-electron chi connectivity index (χ3n) is 4.47. The van der Waals surface area contributed by atoms with Gasteiger partial charge in [-0.2, -0.15) is 0 Å². The molecule has 0 amide bonds. The molecular formula is C14H26O3. The maximum atomic E-state index is 10.2. The molecule has 3 heteroatoms. The molecule has 1 heterocycles. The van der Waals surface area contributed by atoms with Crippen LogP contribution in [0.4, 0.5) is 0 Å². The van der Waals surface area contributed by atoms with E-state index in [1.165, 1.54) is 19.3 Å². The third-order valence-corrected chi connectivity index (χ3v) is 4.47. The summed E-state index contributed by atoms with van der Waals surface area (Å²) in [4.78, 5) is 0. The zero-order valence-electron chi connectivity index (χ0n) is 11.1. The Kier molecular flexibility index (Phi) is 3.81. The van der Waals surface area contributed by atoms with E-state index in [0.717, 1.165) is 32.3 Å². The molecular weight excluding hydrogens is 216 g/mol. The van der Waals surface area contributed by atoms with E-state index in [1.807, 2.05) is 0 Å². The number of aliphatic hydroxyl groups excluding tert-OH is 1. The minimum Gasteiger partial charge on any atom is -0.390 e. The first-order chi connectivity index (χ1) is 7.93. The van der Waals surface area contributed by atoms with Crippen LogP contribution in [0, 0.1) is 5.92 Å². The minimum atomic E-state index is -1.00. The maximum Gasteiger partial charge on any atom is 0.0852 e. The standard InChI is InChI=1S/C14H26O3/c1-13(2,16)12(15)11-6-9-17-14(10-11)7-4-3-5-8-14/h11-12,15-16H,3-10H2,1-2H3. The lowest BCUT2D eigenvalue weighted by molar-refractivity contribution is -0.159. The van der Waals surface area contributed by atoms with Crippen LogP contribution in [0.3, 0.4) is 0 Å². The van der Waals surface area contributed by atoms with Gasteiger partial charge in [-0.3, -0.25) is 0 Å². The van der Waals surface area contributed by atoms with Crippen LogP contribution >= 0.6 is 0 Å². The van der Waals surface area contributed by atoms with Gasteiger partial charge >= 0.3 is 0 Å². The Morgan fingerprint density at radius 2 is 1.88 bits per heavy atom. The molecule has 2 fully saturated rings. The topological polar surface area (TPSA) is 49.7 Å². The third kappa shape index (κ3) is 3.01. The van der Waals surface area contributed by atoms with Crippen LogP contribution in [-0.2, 0) is 4.74 Å². The van der Waals surface area contributed by atoms with Gasteiger partial charge in [0.05, 0.1) is 17.3 Å². The lowest BCUT2D eigenvalue weighted by Crippen LogP contribution is -2.49. The SMILES string of the molecule is CC(C)(O)C(O)C1CCOC2(CCCCC2)C1. The Bertz CT molecular complexity index is 245. The smallest absolute Gasteiger partial charge is 0.0852 e. The van der Waals surface area contributed by atoms with Gasteiger partial charge in [0.2, 0.25) is 0 Å². The van der Waals surface area contributed by atoms with E-state index in [4.69, 9.17) is 4.74 Å². The van der Waals surface area contributed by atoms with Gasteiger partial charge in [0, 0.05) is 6.61 Å². The Labute approximate surface area is 104 Å². The van der Waals surface area contributed by atoms with Crippen molar-refractivity contribution in [3.63, 3.8) is 0 Å². The molecule has 100 valence electrons. The molecule has 1 aliphatic heterocycles. The summed E-state index contributed by atoms with van der Waals surface area (Å²) in [7, 11) is 0. The monoisotopic (exact) mass is 242 g/mol. The molecule has 0 radical (unpaired) electrons. The zero-order chi connectivity index (χ0) is 12.5. The second-order valence-electron chi connectivity index (χ2n) is 6.44. The zero-order valence-corrected chi connectivity index (χ0v) is 11.1. The highest BCUT2D eigenvalue weighted by atomic mass is 16.5. The summed E-state index contributed by atoms with van der Waals surface area (Å²) in [6.07, 6.45) is 7.20. The molecule has 1 saturated carbocycles. The van der Waals surface area contributed by atoms with Gasteiger partial charge in [-0.25, -0.2) is 0 Å².